The molecular weight excluding hydrogens is 386 g/mol. The van der Waals surface area contributed by atoms with Crippen molar-refractivity contribution in [2.75, 3.05) is 31.6 Å². The summed E-state index contributed by atoms with van der Waals surface area (Å²) in [4.78, 5) is 11.3. The van der Waals surface area contributed by atoms with E-state index in [0.29, 0.717) is 17.6 Å². The van der Waals surface area contributed by atoms with Crippen LogP contribution in [0, 0.1) is 6.92 Å². The minimum Gasteiger partial charge on any atom is -0.489 e. The Morgan fingerprint density at radius 3 is 2.72 bits per heavy atom. The number of hydrogen-bond donors (Lipinski definition) is 2. The molecule has 0 bridgehead atoms. The van der Waals surface area contributed by atoms with Crippen LogP contribution in [0.5, 0.6) is 5.75 Å². The average Bonchev–Trinajstić information content (AvgIpc) is 2.71. The molecule has 156 valence electrons. The lowest BCUT2D eigenvalue weighted by molar-refractivity contribution is 0.223. The predicted octanol–water partition coefficient (Wildman–Crippen LogP) is 3.64. The highest BCUT2D eigenvalue weighted by atomic mass is 35.5. The Kier molecular flexibility index (Phi) is 7.58. The van der Waals surface area contributed by atoms with Gasteiger partial charge in [-0.1, -0.05) is 23.7 Å². The van der Waals surface area contributed by atoms with E-state index in [1.807, 2.05) is 44.2 Å². The van der Waals surface area contributed by atoms with Gasteiger partial charge in [0.1, 0.15) is 17.7 Å². The number of rotatable bonds is 6. The first-order chi connectivity index (χ1) is 14.0. The minimum atomic E-state index is -0.0127. The third-order valence-electron chi connectivity index (χ3n) is 4.95. The molecule has 1 fully saturated rings. The molecule has 1 unspecified atom stereocenters. The molecule has 2 aromatic rings. The van der Waals surface area contributed by atoms with E-state index < -0.39 is 0 Å². The van der Waals surface area contributed by atoms with Crippen molar-refractivity contribution in [1.82, 2.24) is 15.6 Å². The summed E-state index contributed by atoms with van der Waals surface area (Å²) in [5, 5.41) is 7.56. The highest BCUT2D eigenvalue weighted by Crippen LogP contribution is 2.19. The fourth-order valence-corrected chi connectivity index (χ4v) is 3.58. The number of aryl methyl sites for hydroxylation is 1. The zero-order valence-electron chi connectivity index (χ0n) is 17.4. The molecule has 29 heavy (non-hydrogen) atoms. The molecule has 3 rings (SSSR count). The second kappa shape index (κ2) is 10.3. The van der Waals surface area contributed by atoms with Gasteiger partial charge in [-0.25, -0.2) is 4.98 Å². The number of piperidine rings is 1. The highest BCUT2D eigenvalue weighted by Gasteiger charge is 2.21. The maximum absolute atomic E-state index is 6.01. The van der Waals surface area contributed by atoms with Crippen LogP contribution >= 0.6 is 11.6 Å². The van der Waals surface area contributed by atoms with Crippen LogP contribution in [0.25, 0.3) is 0 Å². The van der Waals surface area contributed by atoms with Crippen LogP contribution in [0.15, 0.2) is 47.5 Å². The molecule has 1 saturated heterocycles. The monoisotopic (exact) mass is 415 g/mol. The standard InChI is InChI=1S/C22H30ClN5O/c1-16-6-4-9-21(26-16)28-12-10-19(11-13-28)27-22(24-3)25-15-17(2)29-20-8-5-7-18(23)14-20/h4-9,14,17,19H,10-13,15H2,1-3H3,(H2,24,25,27). The molecule has 0 amide bonds. The quantitative estimate of drug-likeness (QED) is 0.557. The highest BCUT2D eigenvalue weighted by molar-refractivity contribution is 6.30. The number of guanidine groups is 1. The first kappa shape index (κ1) is 21.2. The van der Waals surface area contributed by atoms with Crippen LogP contribution in [0.2, 0.25) is 5.02 Å². The molecule has 7 heteroatoms. The number of halogens is 1. The van der Waals surface area contributed by atoms with E-state index in [0.717, 1.165) is 49.2 Å². The van der Waals surface area contributed by atoms with Crippen LogP contribution in [0.4, 0.5) is 5.82 Å². The molecule has 2 heterocycles. The molecule has 2 N–H and O–H groups in total. The van der Waals surface area contributed by atoms with Crippen molar-refractivity contribution >= 4 is 23.4 Å². The van der Waals surface area contributed by atoms with Gasteiger partial charge < -0.3 is 20.3 Å². The fraction of sp³-hybridized carbons (Fsp3) is 0.455. The van der Waals surface area contributed by atoms with E-state index in [4.69, 9.17) is 16.3 Å². The van der Waals surface area contributed by atoms with E-state index in [9.17, 15) is 0 Å². The Morgan fingerprint density at radius 2 is 2.03 bits per heavy atom. The third kappa shape index (κ3) is 6.53. The maximum Gasteiger partial charge on any atom is 0.191 e. The minimum absolute atomic E-state index is 0.0127. The number of ether oxygens (including phenoxy) is 1. The van der Waals surface area contributed by atoms with Gasteiger partial charge in [-0.05, 0) is 57.0 Å². The van der Waals surface area contributed by atoms with Crippen LogP contribution < -0.4 is 20.3 Å². The van der Waals surface area contributed by atoms with Gasteiger partial charge in [0, 0.05) is 36.9 Å². The Bertz CT molecular complexity index is 820. The van der Waals surface area contributed by atoms with Crippen molar-refractivity contribution < 1.29 is 4.74 Å². The molecule has 1 aromatic carbocycles. The van der Waals surface area contributed by atoms with Gasteiger partial charge in [0.25, 0.3) is 0 Å². The molecule has 1 aliphatic heterocycles. The van der Waals surface area contributed by atoms with Crippen molar-refractivity contribution in [3.63, 3.8) is 0 Å². The summed E-state index contributed by atoms with van der Waals surface area (Å²) in [5.41, 5.74) is 1.06. The molecule has 0 radical (unpaired) electrons. The molecule has 1 atom stereocenters. The summed E-state index contributed by atoms with van der Waals surface area (Å²) >= 11 is 6.01. The van der Waals surface area contributed by atoms with Crippen molar-refractivity contribution in [3.05, 3.63) is 53.2 Å². The summed E-state index contributed by atoms with van der Waals surface area (Å²) < 4.78 is 5.91. The van der Waals surface area contributed by atoms with Gasteiger partial charge in [0.05, 0.1) is 6.54 Å². The third-order valence-corrected chi connectivity index (χ3v) is 5.18. The van der Waals surface area contributed by atoms with Crippen molar-refractivity contribution in [2.24, 2.45) is 4.99 Å². The smallest absolute Gasteiger partial charge is 0.191 e. The summed E-state index contributed by atoms with van der Waals surface area (Å²) in [5.74, 6) is 2.64. The summed E-state index contributed by atoms with van der Waals surface area (Å²) in [6.45, 7) is 6.68. The topological polar surface area (TPSA) is 61.8 Å². The van der Waals surface area contributed by atoms with Gasteiger partial charge in [-0.15, -0.1) is 0 Å². The zero-order valence-corrected chi connectivity index (χ0v) is 18.1. The second-order valence-corrected chi connectivity index (χ2v) is 7.82. The van der Waals surface area contributed by atoms with Crippen LogP contribution in [0.1, 0.15) is 25.5 Å². The number of nitrogens with zero attached hydrogens (tertiary/aromatic N) is 3. The van der Waals surface area contributed by atoms with Crippen LogP contribution in [-0.2, 0) is 0 Å². The molecule has 1 aromatic heterocycles. The number of aromatic nitrogens is 1. The van der Waals surface area contributed by atoms with E-state index in [1.165, 1.54) is 0 Å². The van der Waals surface area contributed by atoms with Crippen molar-refractivity contribution in [1.29, 1.82) is 0 Å². The van der Waals surface area contributed by atoms with Crippen molar-refractivity contribution in [3.8, 4) is 5.75 Å². The van der Waals surface area contributed by atoms with E-state index in [-0.39, 0.29) is 6.10 Å². The lowest BCUT2D eigenvalue weighted by Crippen LogP contribution is -2.50. The SMILES string of the molecule is CN=C(NCC(C)Oc1cccc(Cl)c1)NC1CCN(c2cccc(C)n2)CC1. The largest absolute Gasteiger partial charge is 0.489 e. The number of anilines is 1. The molecule has 6 nitrogen and oxygen atoms in total. The summed E-state index contributed by atoms with van der Waals surface area (Å²) in [6.07, 6.45) is 2.08. The lowest BCUT2D eigenvalue weighted by Gasteiger charge is -2.34. The summed E-state index contributed by atoms with van der Waals surface area (Å²) in [6, 6.07) is 14.0. The van der Waals surface area contributed by atoms with E-state index in [2.05, 4.69) is 37.6 Å². The number of pyridine rings is 1. The van der Waals surface area contributed by atoms with Crippen molar-refractivity contribution in [2.45, 2.75) is 38.8 Å². The maximum atomic E-state index is 6.01. The summed E-state index contributed by atoms with van der Waals surface area (Å²) in [7, 11) is 1.80. The van der Waals surface area contributed by atoms with E-state index in [1.54, 1.807) is 7.05 Å². The predicted molar refractivity (Wildman–Crippen MR) is 120 cm³/mol. The van der Waals surface area contributed by atoms with Gasteiger partial charge in [-0.2, -0.15) is 0 Å². The molecule has 0 aliphatic carbocycles. The number of benzene rings is 1. The average molecular weight is 416 g/mol. The first-order valence-corrected chi connectivity index (χ1v) is 10.5. The van der Waals surface area contributed by atoms with Crippen LogP contribution in [-0.4, -0.2) is 49.8 Å². The van der Waals surface area contributed by atoms with Gasteiger partial charge >= 0.3 is 0 Å². The van der Waals surface area contributed by atoms with Gasteiger partial charge in [0.2, 0.25) is 0 Å². The normalized spacial score (nSPS) is 16.4. The van der Waals surface area contributed by atoms with Crippen LogP contribution in [0.3, 0.4) is 0 Å². The number of nitrogens with one attached hydrogen (secondary N) is 2. The second-order valence-electron chi connectivity index (χ2n) is 7.38. The lowest BCUT2D eigenvalue weighted by atomic mass is 10.1. The first-order valence-electron chi connectivity index (χ1n) is 10.1. The Balaban J connectivity index is 1.42. The van der Waals surface area contributed by atoms with E-state index >= 15 is 0 Å². The Morgan fingerprint density at radius 1 is 1.28 bits per heavy atom. The van der Waals surface area contributed by atoms with Gasteiger partial charge in [0.15, 0.2) is 5.96 Å². The Hall–Kier alpha value is -2.47. The zero-order chi connectivity index (χ0) is 20.6. The number of aliphatic imine (C=N–C) groups is 1. The fourth-order valence-electron chi connectivity index (χ4n) is 3.40. The number of hydrogen-bond acceptors (Lipinski definition) is 4. The Labute approximate surface area is 178 Å². The molecular formula is C22H30ClN5O. The molecule has 0 saturated carbocycles. The van der Waals surface area contributed by atoms with Gasteiger partial charge in [-0.3, -0.25) is 4.99 Å². The molecule has 0 spiro atoms. The molecule has 1 aliphatic rings.